The molecule has 2 N–H and O–H groups in total. The molecule has 0 saturated carbocycles. The van der Waals surface area contributed by atoms with Crippen molar-refractivity contribution in [2.45, 2.75) is 30.7 Å². The highest BCUT2D eigenvalue weighted by Crippen LogP contribution is 2.29. The molecule has 1 aliphatic rings. The topological polar surface area (TPSA) is 63.1 Å². The third kappa shape index (κ3) is 3.01. The molecule has 1 aromatic carbocycles. The first-order chi connectivity index (χ1) is 10.0. The fraction of sp³-hybridized carbons (Fsp3) is 0.467. The summed E-state index contributed by atoms with van der Waals surface area (Å²) >= 11 is 0. The van der Waals surface area contributed by atoms with Crippen LogP contribution in [0.5, 0.6) is 0 Å². The summed E-state index contributed by atoms with van der Waals surface area (Å²) in [6.45, 7) is 3.52. The van der Waals surface area contributed by atoms with Crippen molar-refractivity contribution in [1.82, 2.24) is 14.6 Å². The summed E-state index contributed by atoms with van der Waals surface area (Å²) in [4.78, 5) is 0.408. The Morgan fingerprint density at radius 1 is 1.32 bits per heavy atom. The average molecular weight is 344 g/mol. The van der Waals surface area contributed by atoms with E-state index in [1.54, 1.807) is 0 Å². The molecule has 0 unspecified atom stereocenters. The van der Waals surface area contributed by atoms with E-state index in [0.29, 0.717) is 11.4 Å². The van der Waals surface area contributed by atoms with Crippen LogP contribution >= 0.6 is 12.4 Å². The number of aromatic nitrogens is 1. The van der Waals surface area contributed by atoms with Gasteiger partial charge in [-0.2, -0.15) is 0 Å². The molecule has 1 aromatic heterocycles. The fourth-order valence-electron chi connectivity index (χ4n) is 3.06. The van der Waals surface area contributed by atoms with Gasteiger partial charge in [0.2, 0.25) is 10.0 Å². The van der Waals surface area contributed by atoms with Crippen molar-refractivity contribution in [3.05, 3.63) is 30.0 Å². The van der Waals surface area contributed by atoms with E-state index < -0.39 is 10.0 Å². The van der Waals surface area contributed by atoms with Crippen LogP contribution in [0.2, 0.25) is 0 Å². The maximum absolute atomic E-state index is 12.8. The van der Waals surface area contributed by atoms with Gasteiger partial charge in [0, 0.05) is 36.2 Å². The smallest absolute Gasteiger partial charge is 0.243 e. The SMILES string of the molecule is Cc1c(S(=O)(=O)N[C@H]2CCCNC2)c2ccccc2n1C.Cl. The number of halogens is 1. The van der Waals surface area contributed by atoms with E-state index in [2.05, 4.69) is 10.0 Å². The van der Waals surface area contributed by atoms with E-state index in [1.807, 2.05) is 42.8 Å². The van der Waals surface area contributed by atoms with Crippen molar-refractivity contribution in [3.8, 4) is 0 Å². The summed E-state index contributed by atoms with van der Waals surface area (Å²) in [7, 11) is -1.61. The lowest BCUT2D eigenvalue weighted by atomic mass is 10.1. The van der Waals surface area contributed by atoms with Crippen LogP contribution < -0.4 is 10.0 Å². The number of piperidine rings is 1. The molecule has 0 bridgehead atoms. The third-order valence-corrected chi connectivity index (χ3v) is 5.93. The lowest BCUT2D eigenvalue weighted by Gasteiger charge is -2.23. The molecule has 3 rings (SSSR count). The Bertz CT molecular complexity index is 764. The van der Waals surface area contributed by atoms with Gasteiger partial charge in [0.05, 0.1) is 0 Å². The van der Waals surface area contributed by atoms with Gasteiger partial charge in [0.15, 0.2) is 0 Å². The van der Waals surface area contributed by atoms with Crippen molar-refractivity contribution in [3.63, 3.8) is 0 Å². The second-order valence-electron chi connectivity index (χ2n) is 5.66. The number of nitrogens with one attached hydrogen (secondary N) is 2. The summed E-state index contributed by atoms with van der Waals surface area (Å²) < 4.78 is 30.4. The number of hydrogen-bond donors (Lipinski definition) is 2. The first kappa shape index (κ1) is 17.3. The zero-order chi connectivity index (χ0) is 15.0. The molecule has 0 amide bonds. The summed E-state index contributed by atoms with van der Waals surface area (Å²) in [6.07, 6.45) is 1.89. The van der Waals surface area contributed by atoms with Gasteiger partial charge in [-0.05, 0) is 32.4 Å². The van der Waals surface area contributed by atoms with Crippen LogP contribution in [0, 0.1) is 6.92 Å². The molecule has 1 atom stereocenters. The normalized spacial score (nSPS) is 19.1. The Hall–Kier alpha value is -1.08. The van der Waals surface area contributed by atoms with Gasteiger partial charge in [0.25, 0.3) is 0 Å². The van der Waals surface area contributed by atoms with Gasteiger partial charge >= 0.3 is 0 Å². The highest BCUT2D eigenvalue weighted by Gasteiger charge is 2.27. The van der Waals surface area contributed by atoms with Gasteiger partial charge < -0.3 is 9.88 Å². The van der Waals surface area contributed by atoms with Crippen molar-refractivity contribution in [2.24, 2.45) is 7.05 Å². The first-order valence-corrected chi connectivity index (χ1v) is 8.76. The molecule has 1 fully saturated rings. The number of sulfonamides is 1. The summed E-state index contributed by atoms with van der Waals surface area (Å²) in [5, 5.41) is 4.02. The maximum atomic E-state index is 12.8. The molecule has 7 heteroatoms. The molecule has 1 saturated heterocycles. The highest BCUT2D eigenvalue weighted by atomic mass is 35.5. The lowest BCUT2D eigenvalue weighted by Crippen LogP contribution is -2.45. The fourth-order valence-corrected chi connectivity index (χ4v) is 4.80. The number of aryl methyl sites for hydroxylation is 1. The molecule has 122 valence electrons. The molecular weight excluding hydrogens is 322 g/mol. The molecule has 1 aliphatic heterocycles. The predicted molar refractivity (Wildman–Crippen MR) is 91.1 cm³/mol. The number of benzene rings is 1. The zero-order valence-corrected chi connectivity index (χ0v) is 14.4. The van der Waals surface area contributed by atoms with Crippen LogP contribution in [-0.2, 0) is 17.1 Å². The van der Waals surface area contributed by atoms with Crippen LogP contribution in [0.3, 0.4) is 0 Å². The standard InChI is InChI=1S/C15H21N3O2S.ClH/c1-11-15(13-7-3-4-8-14(13)18(11)2)21(19,20)17-12-6-5-9-16-10-12;/h3-4,7-8,12,16-17H,5-6,9-10H2,1-2H3;1H/t12-;/m0./s1. The van der Waals surface area contributed by atoms with Crippen LogP contribution in [0.15, 0.2) is 29.2 Å². The summed E-state index contributed by atoms with van der Waals surface area (Å²) in [5.41, 5.74) is 1.71. The Kier molecular flexibility index (Phi) is 5.17. The van der Waals surface area contributed by atoms with E-state index >= 15 is 0 Å². The van der Waals surface area contributed by atoms with Crippen LogP contribution in [0.25, 0.3) is 10.9 Å². The summed E-state index contributed by atoms with van der Waals surface area (Å²) in [5.74, 6) is 0. The van der Waals surface area contributed by atoms with Crippen molar-refractivity contribution < 1.29 is 8.42 Å². The summed E-state index contributed by atoms with van der Waals surface area (Å²) in [6, 6.07) is 7.60. The molecule has 22 heavy (non-hydrogen) atoms. The molecule has 5 nitrogen and oxygen atoms in total. The van der Waals surface area contributed by atoms with E-state index in [1.165, 1.54) is 0 Å². The minimum atomic E-state index is -3.51. The maximum Gasteiger partial charge on any atom is 0.243 e. The van der Waals surface area contributed by atoms with E-state index in [9.17, 15) is 8.42 Å². The van der Waals surface area contributed by atoms with E-state index in [-0.39, 0.29) is 18.4 Å². The van der Waals surface area contributed by atoms with Crippen molar-refractivity contribution >= 4 is 33.3 Å². The number of hydrogen-bond acceptors (Lipinski definition) is 3. The van der Waals surface area contributed by atoms with E-state index in [4.69, 9.17) is 0 Å². The number of rotatable bonds is 3. The van der Waals surface area contributed by atoms with Gasteiger partial charge in [0.1, 0.15) is 4.90 Å². The van der Waals surface area contributed by atoms with Crippen LogP contribution in [0.4, 0.5) is 0 Å². The lowest BCUT2D eigenvalue weighted by molar-refractivity contribution is 0.428. The quantitative estimate of drug-likeness (QED) is 0.895. The number of nitrogens with zero attached hydrogens (tertiary/aromatic N) is 1. The molecule has 0 spiro atoms. The molecule has 0 aliphatic carbocycles. The highest BCUT2D eigenvalue weighted by molar-refractivity contribution is 7.89. The largest absolute Gasteiger partial charge is 0.347 e. The van der Waals surface area contributed by atoms with Crippen LogP contribution in [-0.4, -0.2) is 32.1 Å². The van der Waals surface area contributed by atoms with Gasteiger partial charge in [-0.1, -0.05) is 18.2 Å². The molecular formula is C15H22ClN3O2S. The van der Waals surface area contributed by atoms with Gasteiger partial charge in [-0.25, -0.2) is 13.1 Å². The minimum absolute atomic E-state index is 0. The monoisotopic (exact) mass is 343 g/mol. The zero-order valence-electron chi connectivity index (χ0n) is 12.8. The third-order valence-electron chi connectivity index (χ3n) is 4.23. The number of para-hydroxylation sites is 1. The Balaban J connectivity index is 0.00000176. The average Bonchev–Trinajstić information content (AvgIpc) is 2.72. The van der Waals surface area contributed by atoms with Crippen molar-refractivity contribution in [2.75, 3.05) is 13.1 Å². The second-order valence-corrected chi connectivity index (χ2v) is 7.31. The van der Waals surface area contributed by atoms with E-state index in [0.717, 1.165) is 36.0 Å². The Labute approximate surface area is 137 Å². The first-order valence-electron chi connectivity index (χ1n) is 7.28. The second kappa shape index (κ2) is 6.58. The van der Waals surface area contributed by atoms with Crippen molar-refractivity contribution in [1.29, 1.82) is 0 Å². The molecule has 2 heterocycles. The minimum Gasteiger partial charge on any atom is -0.347 e. The number of fused-ring (bicyclic) bond motifs is 1. The Morgan fingerprint density at radius 3 is 2.73 bits per heavy atom. The van der Waals surface area contributed by atoms with Gasteiger partial charge in [-0.3, -0.25) is 0 Å². The molecule has 2 aromatic rings. The van der Waals surface area contributed by atoms with Crippen LogP contribution in [0.1, 0.15) is 18.5 Å². The predicted octanol–water partition coefficient (Wildman–Crippen LogP) is 1.94. The Morgan fingerprint density at radius 2 is 2.05 bits per heavy atom. The molecule has 0 radical (unpaired) electrons. The van der Waals surface area contributed by atoms with Gasteiger partial charge in [-0.15, -0.1) is 12.4 Å².